The number of benzene rings is 2. The molecule has 142 valence electrons. The van der Waals surface area contributed by atoms with E-state index in [-0.39, 0.29) is 17.9 Å². The van der Waals surface area contributed by atoms with Gasteiger partial charge >= 0.3 is 0 Å². The van der Waals surface area contributed by atoms with Gasteiger partial charge in [0.2, 0.25) is 5.95 Å². The fraction of sp³-hybridized carbons (Fsp3) is 0.227. The van der Waals surface area contributed by atoms with Gasteiger partial charge in [0.25, 0.3) is 5.91 Å². The molecule has 1 aromatic heterocycles. The molecule has 1 unspecified atom stereocenters. The van der Waals surface area contributed by atoms with Crippen molar-refractivity contribution < 1.29 is 9.53 Å². The van der Waals surface area contributed by atoms with Crippen molar-refractivity contribution in [2.45, 2.75) is 18.9 Å². The highest BCUT2D eigenvalue weighted by Crippen LogP contribution is 2.37. The Hall–Kier alpha value is -3.41. The van der Waals surface area contributed by atoms with Gasteiger partial charge in [-0.3, -0.25) is 4.79 Å². The summed E-state index contributed by atoms with van der Waals surface area (Å²) in [5.74, 6) is 1.01. The van der Waals surface area contributed by atoms with Crippen LogP contribution in [0.15, 0.2) is 60.8 Å². The molecule has 1 fully saturated rings. The normalized spacial score (nSPS) is 16.2. The van der Waals surface area contributed by atoms with E-state index >= 15 is 0 Å². The molecule has 4 rings (SSSR count). The summed E-state index contributed by atoms with van der Waals surface area (Å²) in [6.45, 7) is 0.699. The number of hydrogen-bond acceptors (Lipinski definition) is 5. The highest BCUT2D eigenvalue weighted by molar-refractivity contribution is 5.94. The van der Waals surface area contributed by atoms with E-state index in [0.717, 1.165) is 35.4 Å². The molecule has 1 saturated heterocycles. The number of anilines is 1. The monoisotopic (exact) mass is 374 g/mol. The highest BCUT2D eigenvalue weighted by atomic mass is 16.5. The molecule has 3 aromatic rings. The Bertz CT molecular complexity index is 974. The predicted octanol–water partition coefficient (Wildman–Crippen LogP) is 3.71. The van der Waals surface area contributed by atoms with Gasteiger partial charge in [0, 0.05) is 23.9 Å². The van der Waals surface area contributed by atoms with Crippen molar-refractivity contribution in [3.63, 3.8) is 0 Å². The lowest BCUT2D eigenvalue weighted by molar-refractivity contribution is 0.0733. The zero-order chi connectivity index (χ0) is 19.5. The average Bonchev–Trinajstić information content (AvgIpc) is 3.23. The minimum atomic E-state index is -0.130. The molecule has 0 bridgehead atoms. The van der Waals surface area contributed by atoms with Crippen LogP contribution in [0.1, 0.15) is 34.9 Å². The van der Waals surface area contributed by atoms with Crippen LogP contribution < -0.4 is 10.5 Å². The van der Waals surface area contributed by atoms with Gasteiger partial charge in [-0.1, -0.05) is 30.3 Å². The van der Waals surface area contributed by atoms with E-state index in [4.69, 9.17) is 10.5 Å². The van der Waals surface area contributed by atoms with Crippen LogP contribution >= 0.6 is 0 Å². The van der Waals surface area contributed by atoms with Crippen molar-refractivity contribution >= 4 is 11.9 Å². The number of nitrogens with two attached hydrogens (primary N) is 1. The third-order valence-electron chi connectivity index (χ3n) is 5.09. The highest BCUT2D eigenvalue weighted by Gasteiger charge is 2.33. The molecule has 6 nitrogen and oxygen atoms in total. The van der Waals surface area contributed by atoms with Crippen LogP contribution in [0.2, 0.25) is 0 Å². The van der Waals surface area contributed by atoms with Crippen LogP contribution in [-0.2, 0) is 0 Å². The van der Waals surface area contributed by atoms with Gasteiger partial charge in [-0.2, -0.15) is 0 Å². The number of nitrogens with zero attached hydrogens (tertiary/aromatic N) is 3. The first kappa shape index (κ1) is 18.0. The predicted molar refractivity (Wildman–Crippen MR) is 108 cm³/mol. The van der Waals surface area contributed by atoms with E-state index < -0.39 is 0 Å². The fourth-order valence-electron chi connectivity index (χ4n) is 3.70. The van der Waals surface area contributed by atoms with Gasteiger partial charge in [-0.05, 0) is 42.7 Å². The minimum Gasteiger partial charge on any atom is -0.497 e. The summed E-state index contributed by atoms with van der Waals surface area (Å²) < 4.78 is 5.25. The first-order valence-corrected chi connectivity index (χ1v) is 9.30. The Balaban J connectivity index is 1.73. The van der Waals surface area contributed by atoms with Gasteiger partial charge in [0.15, 0.2) is 0 Å². The van der Waals surface area contributed by atoms with Crippen molar-refractivity contribution in [2.75, 3.05) is 19.4 Å². The van der Waals surface area contributed by atoms with Gasteiger partial charge in [-0.15, -0.1) is 0 Å². The molecule has 0 aliphatic carbocycles. The SMILES string of the molecule is COc1ccc(-c2cnc(N)nc2C2CCCN2C(=O)c2ccccc2)cc1. The summed E-state index contributed by atoms with van der Waals surface area (Å²) in [4.78, 5) is 23.7. The smallest absolute Gasteiger partial charge is 0.254 e. The van der Waals surface area contributed by atoms with Gasteiger partial charge in [0.1, 0.15) is 5.75 Å². The fourth-order valence-corrected chi connectivity index (χ4v) is 3.70. The van der Waals surface area contributed by atoms with Crippen molar-refractivity contribution in [1.29, 1.82) is 0 Å². The molecule has 0 spiro atoms. The summed E-state index contributed by atoms with van der Waals surface area (Å²) in [6, 6.07) is 17.0. The number of carbonyl (C=O) groups is 1. The minimum absolute atomic E-state index is 0.0148. The van der Waals surface area contributed by atoms with E-state index in [2.05, 4.69) is 9.97 Å². The number of nitrogen functional groups attached to an aromatic ring is 1. The number of hydrogen-bond donors (Lipinski definition) is 1. The van der Waals surface area contributed by atoms with Crippen LogP contribution in [0.25, 0.3) is 11.1 Å². The number of amides is 1. The molecule has 1 aliphatic heterocycles. The van der Waals surface area contributed by atoms with E-state index in [1.165, 1.54) is 0 Å². The molecule has 2 heterocycles. The first-order chi connectivity index (χ1) is 13.7. The standard InChI is InChI=1S/C22H22N4O2/c1-28-17-11-9-15(10-12-17)18-14-24-22(23)25-20(18)19-8-5-13-26(19)21(27)16-6-3-2-4-7-16/h2-4,6-7,9-12,14,19H,5,8,13H2,1H3,(H2,23,24,25). The van der Waals surface area contributed by atoms with Crippen LogP contribution in [0.4, 0.5) is 5.95 Å². The molecule has 1 amide bonds. The quantitative estimate of drug-likeness (QED) is 0.753. The number of likely N-dealkylation sites (tertiary alicyclic amines) is 1. The second-order valence-corrected chi connectivity index (χ2v) is 6.78. The zero-order valence-corrected chi connectivity index (χ0v) is 15.7. The Morgan fingerprint density at radius 3 is 2.61 bits per heavy atom. The summed E-state index contributed by atoms with van der Waals surface area (Å²) in [6.07, 6.45) is 3.51. The Kier molecular flexibility index (Phi) is 4.93. The van der Waals surface area contributed by atoms with Crippen molar-refractivity contribution in [3.05, 3.63) is 72.1 Å². The van der Waals surface area contributed by atoms with Crippen molar-refractivity contribution in [3.8, 4) is 16.9 Å². The number of carbonyl (C=O) groups excluding carboxylic acids is 1. The molecular weight excluding hydrogens is 352 g/mol. The molecule has 0 radical (unpaired) electrons. The topological polar surface area (TPSA) is 81.3 Å². The Morgan fingerprint density at radius 1 is 1.14 bits per heavy atom. The molecular formula is C22H22N4O2. The summed E-state index contributed by atoms with van der Waals surface area (Å²) in [7, 11) is 1.64. The summed E-state index contributed by atoms with van der Waals surface area (Å²) in [5.41, 5.74) is 9.23. The van der Waals surface area contributed by atoms with Crippen LogP contribution in [0.5, 0.6) is 5.75 Å². The molecule has 1 atom stereocenters. The zero-order valence-electron chi connectivity index (χ0n) is 15.7. The van der Waals surface area contributed by atoms with Gasteiger partial charge < -0.3 is 15.4 Å². The van der Waals surface area contributed by atoms with Crippen molar-refractivity contribution in [2.24, 2.45) is 0 Å². The maximum atomic E-state index is 13.1. The van der Waals surface area contributed by atoms with Gasteiger partial charge in [0.05, 0.1) is 18.8 Å². The first-order valence-electron chi connectivity index (χ1n) is 9.30. The average molecular weight is 374 g/mol. The van der Waals surface area contributed by atoms with Crippen LogP contribution in [-0.4, -0.2) is 34.4 Å². The van der Waals surface area contributed by atoms with Crippen LogP contribution in [0.3, 0.4) is 0 Å². The molecule has 0 saturated carbocycles. The van der Waals surface area contributed by atoms with E-state index in [0.29, 0.717) is 12.1 Å². The molecule has 1 aliphatic rings. The largest absolute Gasteiger partial charge is 0.497 e. The summed E-state index contributed by atoms with van der Waals surface area (Å²) >= 11 is 0. The third kappa shape index (κ3) is 3.41. The Labute approximate surface area is 164 Å². The molecule has 6 heteroatoms. The lowest BCUT2D eigenvalue weighted by Gasteiger charge is -2.26. The lowest BCUT2D eigenvalue weighted by Crippen LogP contribution is -2.31. The maximum Gasteiger partial charge on any atom is 0.254 e. The second kappa shape index (κ2) is 7.68. The van der Waals surface area contributed by atoms with E-state index in [1.807, 2.05) is 59.5 Å². The molecule has 2 N–H and O–H groups in total. The van der Waals surface area contributed by atoms with E-state index in [1.54, 1.807) is 13.3 Å². The number of rotatable bonds is 4. The second-order valence-electron chi connectivity index (χ2n) is 6.78. The number of methoxy groups -OCH3 is 1. The van der Waals surface area contributed by atoms with E-state index in [9.17, 15) is 4.79 Å². The third-order valence-corrected chi connectivity index (χ3v) is 5.09. The van der Waals surface area contributed by atoms with Gasteiger partial charge in [-0.25, -0.2) is 9.97 Å². The molecule has 2 aromatic carbocycles. The Morgan fingerprint density at radius 2 is 1.89 bits per heavy atom. The maximum absolute atomic E-state index is 13.1. The van der Waals surface area contributed by atoms with Crippen molar-refractivity contribution in [1.82, 2.24) is 14.9 Å². The summed E-state index contributed by atoms with van der Waals surface area (Å²) in [5, 5.41) is 0. The number of ether oxygens (including phenoxy) is 1. The van der Waals surface area contributed by atoms with Crippen LogP contribution in [0, 0.1) is 0 Å². The number of aromatic nitrogens is 2. The lowest BCUT2D eigenvalue weighted by atomic mass is 9.99. The molecule has 28 heavy (non-hydrogen) atoms.